The van der Waals surface area contributed by atoms with Crippen LogP contribution in [-0.2, 0) is 13.7 Å². The number of hydrogen-bond donors (Lipinski definition) is 1. The molecular formula is C11H11NO3. The molecule has 1 aliphatic carbocycles. The molecule has 0 saturated heterocycles. The van der Waals surface area contributed by atoms with Crippen LogP contribution in [0.2, 0.25) is 0 Å². The molecule has 15 heavy (non-hydrogen) atoms. The minimum Gasteiger partial charge on any atom is -0.390 e. The lowest BCUT2D eigenvalue weighted by molar-refractivity contribution is 0.0980. The molecule has 1 heterocycles. The zero-order chi connectivity index (χ0) is 11.2. The first-order chi connectivity index (χ1) is 7.06. The Morgan fingerprint density at radius 3 is 2.67 bits per heavy atom. The number of aliphatic hydroxyl groups is 1. The smallest absolute Gasteiger partial charge is 0.203 e. The third-order valence-corrected chi connectivity index (χ3v) is 2.68. The maximum Gasteiger partial charge on any atom is 0.203 e. The summed E-state index contributed by atoms with van der Waals surface area (Å²) in [5, 5.41) is 9.05. The molecular weight excluding hydrogens is 194 g/mol. The molecule has 2 rings (SSSR count). The van der Waals surface area contributed by atoms with Crippen LogP contribution in [0, 0.1) is 0 Å². The second kappa shape index (κ2) is 3.17. The summed E-state index contributed by atoms with van der Waals surface area (Å²) in [7, 11) is 1.67. The van der Waals surface area contributed by atoms with Gasteiger partial charge in [-0.15, -0.1) is 0 Å². The van der Waals surface area contributed by atoms with Crippen molar-refractivity contribution in [1.29, 1.82) is 0 Å². The minimum atomic E-state index is -0.177. The van der Waals surface area contributed by atoms with Gasteiger partial charge in [-0.2, -0.15) is 0 Å². The second-order valence-electron chi connectivity index (χ2n) is 3.64. The summed E-state index contributed by atoms with van der Waals surface area (Å²) in [5.41, 5.74) is 1.79. The Hall–Kier alpha value is -1.68. The number of rotatable bonds is 1. The first-order valence-corrected chi connectivity index (χ1v) is 4.63. The number of Topliss-reactive ketones (excluding diaryl/α,β-unsaturated/α-hetero) is 1. The summed E-state index contributed by atoms with van der Waals surface area (Å²) < 4.78 is 1.57. The molecule has 78 valence electrons. The van der Waals surface area contributed by atoms with Crippen molar-refractivity contribution in [3.8, 4) is 0 Å². The van der Waals surface area contributed by atoms with E-state index in [-0.39, 0.29) is 18.2 Å². The van der Waals surface area contributed by atoms with E-state index in [1.54, 1.807) is 24.6 Å². The number of hydrogen-bond acceptors (Lipinski definition) is 3. The van der Waals surface area contributed by atoms with E-state index in [1.165, 1.54) is 6.08 Å². The number of carbonyl (C=O) groups is 2. The molecule has 4 nitrogen and oxygen atoms in total. The third kappa shape index (κ3) is 1.26. The van der Waals surface area contributed by atoms with Gasteiger partial charge in [-0.1, -0.05) is 0 Å². The fraction of sp³-hybridized carbons (Fsp3) is 0.273. The Morgan fingerprint density at radius 2 is 2.07 bits per heavy atom. The quantitative estimate of drug-likeness (QED) is 0.739. The summed E-state index contributed by atoms with van der Waals surface area (Å²) in [5.74, 6) is -0.316. The molecule has 0 bridgehead atoms. The predicted molar refractivity (Wildman–Crippen MR) is 53.8 cm³/mol. The molecule has 0 aromatic carbocycles. The molecule has 4 heteroatoms. The molecule has 0 spiro atoms. The Bertz CT molecular complexity index is 494. The average Bonchev–Trinajstić information content (AvgIpc) is 2.53. The molecule has 1 N–H and O–H groups in total. The number of allylic oxidation sites excluding steroid dienone is 2. The molecule has 0 unspecified atom stereocenters. The highest BCUT2D eigenvalue weighted by Gasteiger charge is 2.27. The van der Waals surface area contributed by atoms with Crippen LogP contribution >= 0.6 is 0 Å². The van der Waals surface area contributed by atoms with Crippen LogP contribution in [0.25, 0.3) is 0 Å². The van der Waals surface area contributed by atoms with Gasteiger partial charge in [0.1, 0.15) is 5.69 Å². The van der Waals surface area contributed by atoms with Gasteiger partial charge in [0, 0.05) is 18.3 Å². The van der Waals surface area contributed by atoms with Gasteiger partial charge in [-0.25, -0.2) is 0 Å². The molecule has 0 fully saturated rings. The lowest BCUT2D eigenvalue weighted by atomic mass is 9.96. The van der Waals surface area contributed by atoms with Gasteiger partial charge >= 0.3 is 0 Å². The zero-order valence-electron chi connectivity index (χ0n) is 8.57. The second-order valence-corrected chi connectivity index (χ2v) is 3.64. The first kappa shape index (κ1) is 9.86. The van der Waals surface area contributed by atoms with Crippen LogP contribution in [0.15, 0.2) is 17.7 Å². The van der Waals surface area contributed by atoms with Gasteiger partial charge in [-0.05, 0) is 19.1 Å². The van der Waals surface area contributed by atoms with Crippen LogP contribution in [0.4, 0.5) is 0 Å². The summed E-state index contributed by atoms with van der Waals surface area (Å²) in [6.07, 6.45) is 1.34. The van der Waals surface area contributed by atoms with Crippen molar-refractivity contribution in [3.05, 3.63) is 34.7 Å². The van der Waals surface area contributed by atoms with E-state index in [1.807, 2.05) is 0 Å². The van der Waals surface area contributed by atoms with Crippen LogP contribution < -0.4 is 0 Å². The number of aromatic nitrogens is 1. The number of nitrogens with zero attached hydrogens (tertiary/aromatic N) is 1. The predicted octanol–water partition coefficient (Wildman–Crippen LogP) is 0.843. The highest BCUT2D eigenvalue weighted by Crippen LogP contribution is 2.24. The molecule has 0 aliphatic heterocycles. The van der Waals surface area contributed by atoms with Gasteiger partial charge in [0.15, 0.2) is 5.78 Å². The standard InChI is InChI=1S/C11H11NO3/c1-6-3-9(14)10-8(11(6)15)4-7(5-13)12(10)2/h3-4,13H,5H2,1-2H3. The van der Waals surface area contributed by atoms with Crippen molar-refractivity contribution in [2.45, 2.75) is 13.5 Å². The monoisotopic (exact) mass is 205 g/mol. The van der Waals surface area contributed by atoms with Gasteiger partial charge < -0.3 is 9.67 Å². The van der Waals surface area contributed by atoms with Crippen molar-refractivity contribution < 1.29 is 14.7 Å². The van der Waals surface area contributed by atoms with Gasteiger partial charge in [0.25, 0.3) is 0 Å². The minimum absolute atomic E-state index is 0.139. The molecule has 1 aromatic rings. The Labute approximate surface area is 86.8 Å². The molecule has 1 aliphatic rings. The summed E-state index contributed by atoms with van der Waals surface area (Å²) in [4.78, 5) is 23.4. The maximum absolute atomic E-state index is 11.7. The first-order valence-electron chi connectivity index (χ1n) is 4.63. The summed E-state index contributed by atoms with van der Waals surface area (Å²) in [6.45, 7) is 1.44. The van der Waals surface area contributed by atoms with Gasteiger partial charge in [-0.3, -0.25) is 9.59 Å². The normalized spacial score (nSPS) is 15.3. The number of aliphatic hydroxyl groups excluding tert-OH is 1. The lowest BCUT2D eigenvalue weighted by Gasteiger charge is -2.10. The van der Waals surface area contributed by atoms with Crippen LogP contribution in [-0.4, -0.2) is 21.2 Å². The molecule has 0 radical (unpaired) electrons. The largest absolute Gasteiger partial charge is 0.390 e. The Balaban J connectivity index is 2.69. The number of carbonyl (C=O) groups excluding carboxylic acids is 2. The van der Waals surface area contributed by atoms with Gasteiger partial charge in [0.05, 0.1) is 12.2 Å². The highest BCUT2D eigenvalue weighted by molar-refractivity contribution is 6.23. The fourth-order valence-corrected chi connectivity index (χ4v) is 1.82. The fourth-order valence-electron chi connectivity index (χ4n) is 1.82. The SMILES string of the molecule is CC1=CC(=O)c2c(cc(CO)n2C)C1=O. The van der Waals surface area contributed by atoms with E-state index in [2.05, 4.69) is 0 Å². The zero-order valence-corrected chi connectivity index (χ0v) is 8.57. The van der Waals surface area contributed by atoms with E-state index < -0.39 is 0 Å². The van der Waals surface area contributed by atoms with E-state index in [9.17, 15) is 9.59 Å². The van der Waals surface area contributed by atoms with E-state index in [4.69, 9.17) is 5.11 Å². The average molecular weight is 205 g/mol. The van der Waals surface area contributed by atoms with Crippen LogP contribution in [0.5, 0.6) is 0 Å². The lowest BCUT2D eigenvalue weighted by Crippen LogP contribution is -2.17. The van der Waals surface area contributed by atoms with Crippen molar-refractivity contribution in [2.75, 3.05) is 0 Å². The van der Waals surface area contributed by atoms with E-state index in [0.29, 0.717) is 22.5 Å². The molecule has 1 aromatic heterocycles. The van der Waals surface area contributed by atoms with Gasteiger partial charge in [0.2, 0.25) is 5.78 Å². The summed E-state index contributed by atoms with van der Waals surface area (Å²) >= 11 is 0. The summed E-state index contributed by atoms with van der Waals surface area (Å²) in [6, 6.07) is 1.58. The van der Waals surface area contributed by atoms with Crippen LogP contribution in [0.3, 0.4) is 0 Å². The van der Waals surface area contributed by atoms with E-state index >= 15 is 0 Å². The van der Waals surface area contributed by atoms with Crippen molar-refractivity contribution in [2.24, 2.45) is 7.05 Å². The molecule has 0 amide bonds. The number of ketones is 2. The topological polar surface area (TPSA) is 59.3 Å². The molecule has 0 atom stereocenters. The highest BCUT2D eigenvalue weighted by atomic mass is 16.3. The maximum atomic E-state index is 11.7. The number of fused-ring (bicyclic) bond motifs is 1. The Kier molecular flexibility index (Phi) is 2.08. The van der Waals surface area contributed by atoms with Crippen molar-refractivity contribution >= 4 is 11.6 Å². The van der Waals surface area contributed by atoms with E-state index in [0.717, 1.165) is 0 Å². The Morgan fingerprint density at radius 1 is 1.40 bits per heavy atom. The van der Waals surface area contributed by atoms with Crippen molar-refractivity contribution in [3.63, 3.8) is 0 Å². The van der Waals surface area contributed by atoms with Crippen LogP contribution in [0.1, 0.15) is 33.5 Å². The van der Waals surface area contributed by atoms with Crippen molar-refractivity contribution in [1.82, 2.24) is 4.57 Å². The third-order valence-electron chi connectivity index (χ3n) is 2.68. The molecule has 0 saturated carbocycles.